The maximum Gasteiger partial charge on any atom is 0.273 e. The highest BCUT2D eigenvalue weighted by Gasteiger charge is 2.39. The Morgan fingerprint density at radius 1 is 1.61 bits per heavy atom. The van der Waals surface area contributed by atoms with Crippen molar-refractivity contribution in [2.45, 2.75) is 45.7 Å². The van der Waals surface area contributed by atoms with Gasteiger partial charge in [0.05, 0.1) is 12.8 Å². The summed E-state index contributed by atoms with van der Waals surface area (Å²) in [6.45, 7) is 4.47. The van der Waals surface area contributed by atoms with Crippen molar-refractivity contribution < 1.29 is 14.4 Å². The summed E-state index contributed by atoms with van der Waals surface area (Å²) in [4.78, 5) is 12.3. The molecule has 7 heteroatoms. The van der Waals surface area contributed by atoms with Gasteiger partial charge in [-0.3, -0.25) is 9.48 Å². The Kier molecular flexibility index (Phi) is 4.21. The summed E-state index contributed by atoms with van der Waals surface area (Å²) in [6, 6.07) is 1.60. The molecule has 0 spiro atoms. The monoisotopic (exact) mass is 318 g/mol. The van der Waals surface area contributed by atoms with Crippen molar-refractivity contribution in [2.75, 3.05) is 6.61 Å². The maximum atomic E-state index is 12.3. The molecular formula is C16H22N4O3. The summed E-state index contributed by atoms with van der Waals surface area (Å²) in [6.07, 6.45) is 6.45. The van der Waals surface area contributed by atoms with Crippen LogP contribution in [0.5, 0.6) is 0 Å². The molecule has 7 nitrogen and oxygen atoms in total. The molecule has 23 heavy (non-hydrogen) atoms. The molecule has 2 heterocycles. The number of aliphatic hydroxyl groups excluding tert-OH is 1. The van der Waals surface area contributed by atoms with Gasteiger partial charge >= 0.3 is 0 Å². The van der Waals surface area contributed by atoms with E-state index in [1.165, 1.54) is 0 Å². The predicted molar refractivity (Wildman–Crippen MR) is 82.9 cm³/mol. The number of aliphatic hydroxyl groups is 1. The molecule has 1 fully saturated rings. The van der Waals surface area contributed by atoms with Crippen molar-refractivity contribution in [3.05, 3.63) is 35.5 Å². The SMILES string of the molecule is Cc1cnn(Cc2cc(C(=O)NC3CCCC3(C)CO)no2)c1. The number of hydrogen-bond donors (Lipinski definition) is 2. The minimum Gasteiger partial charge on any atom is -0.396 e. The Bertz CT molecular complexity index is 693. The molecule has 0 saturated heterocycles. The number of aromatic nitrogens is 3. The standard InChI is InChI=1S/C16H22N4O3/c1-11-7-17-20(8-11)9-12-6-13(19-23-12)15(22)18-14-4-3-5-16(14,2)10-21/h6-8,14,21H,3-5,9-10H2,1-2H3,(H,18,22). The van der Waals surface area contributed by atoms with E-state index in [9.17, 15) is 9.90 Å². The van der Waals surface area contributed by atoms with Gasteiger partial charge in [0.15, 0.2) is 11.5 Å². The van der Waals surface area contributed by atoms with Crippen LogP contribution in [-0.2, 0) is 6.54 Å². The average molecular weight is 318 g/mol. The number of hydrogen-bond acceptors (Lipinski definition) is 5. The van der Waals surface area contributed by atoms with E-state index in [2.05, 4.69) is 15.6 Å². The van der Waals surface area contributed by atoms with Gasteiger partial charge in [0, 0.05) is 23.7 Å². The lowest BCUT2D eigenvalue weighted by molar-refractivity contribution is 0.0822. The smallest absolute Gasteiger partial charge is 0.273 e. The molecule has 0 radical (unpaired) electrons. The Hall–Kier alpha value is -2.15. The van der Waals surface area contributed by atoms with Crippen LogP contribution < -0.4 is 5.32 Å². The first-order valence-electron chi connectivity index (χ1n) is 7.86. The van der Waals surface area contributed by atoms with Gasteiger partial charge < -0.3 is 14.9 Å². The third-order valence-electron chi connectivity index (χ3n) is 4.62. The molecule has 2 aromatic rings. The molecule has 2 N–H and O–H groups in total. The van der Waals surface area contributed by atoms with E-state index >= 15 is 0 Å². The van der Waals surface area contributed by atoms with E-state index in [4.69, 9.17) is 4.52 Å². The van der Waals surface area contributed by atoms with Crippen LogP contribution in [0, 0.1) is 12.3 Å². The highest BCUT2D eigenvalue weighted by Crippen LogP contribution is 2.37. The molecule has 3 rings (SSSR count). The number of aryl methyl sites for hydroxylation is 1. The molecule has 0 bridgehead atoms. The molecular weight excluding hydrogens is 296 g/mol. The number of carbonyl (C=O) groups excluding carboxylic acids is 1. The number of carbonyl (C=O) groups is 1. The summed E-state index contributed by atoms with van der Waals surface area (Å²) < 4.78 is 6.95. The van der Waals surface area contributed by atoms with Crippen molar-refractivity contribution in [2.24, 2.45) is 5.41 Å². The second-order valence-electron chi connectivity index (χ2n) is 6.62. The van der Waals surface area contributed by atoms with Crippen molar-refractivity contribution in [1.29, 1.82) is 0 Å². The molecule has 124 valence electrons. The zero-order valence-corrected chi connectivity index (χ0v) is 13.5. The van der Waals surface area contributed by atoms with Crippen LogP contribution in [0.4, 0.5) is 0 Å². The van der Waals surface area contributed by atoms with Crippen molar-refractivity contribution >= 4 is 5.91 Å². The summed E-state index contributed by atoms with van der Waals surface area (Å²) in [5, 5.41) is 20.6. The number of amides is 1. The second kappa shape index (κ2) is 6.16. The average Bonchev–Trinajstić information content (AvgIpc) is 3.22. The third kappa shape index (κ3) is 3.29. The predicted octanol–water partition coefficient (Wildman–Crippen LogP) is 1.51. The molecule has 1 aliphatic carbocycles. The van der Waals surface area contributed by atoms with Crippen LogP contribution in [0.2, 0.25) is 0 Å². The maximum absolute atomic E-state index is 12.3. The number of nitrogens with one attached hydrogen (secondary N) is 1. The number of nitrogens with zero attached hydrogens (tertiary/aromatic N) is 3. The van der Waals surface area contributed by atoms with E-state index in [1.54, 1.807) is 16.9 Å². The van der Waals surface area contributed by atoms with Gasteiger partial charge in [-0.25, -0.2) is 0 Å². The Balaban J connectivity index is 1.64. The fourth-order valence-electron chi connectivity index (χ4n) is 3.11. The van der Waals surface area contributed by atoms with Gasteiger partial charge in [-0.1, -0.05) is 18.5 Å². The van der Waals surface area contributed by atoms with Crippen LogP contribution in [0.1, 0.15) is 48.0 Å². The largest absolute Gasteiger partial charge is 0.396 e. The van der Waals surface area contributed by atoms with E-state index < -0.39 is 0 Å². The molecule has 1 aliphatic rings. The van der Waals surface area contributed by atoms with Crippen LogP contribution in [-0.4, -0.2) is 38.6 Å². The van der Waals surface area contributed by atoms with Gasteiger partial charge in [0.1, 0.15) is 6.54 Å². The van der Waals surface area contributed by atoms with Gasteiger partial charge in [0.25, 0.3) is 5.91 Å². The first kappa shape index (κ1) is 15.7. The first-order valence-corrected chi connectivity index (χ1v) is 7.86. The fourth-order valence-corrected chi connectivity index (χ4v) is 3.11. The summed E-state index contributed by atoms with van der Waals surface area (Å²) in [5.74, 6) is 0.317. The van der Waals surface area contributed by atoms with E-state index in [0.717, 1.165) is 24.8 Å². The van der Waals surface area contributed by atoms with Gasteiger partial charge in [-0.15, -0.1) is 0 Å². The summed E-state index contributed by atoms with van der Waals surface area (Å²) in [5.41, 5.74) is 1.07. The van der Waals surface area contributed by atoms with Gasteiger partial charge in [0.2, 0.25) is 0 Å². The highest BCUT2D eigenvalue weighted by atomic mass is 16.5. The van der Waals surface area contributed by atoms with E-state index in [-0.39, 0.29) is 29.7 Å². The van der Waals surface area contributed by atoms with E-state index in [0.29, 0.717) is 12.3 Å². The molecule has 0 aromatic carbocycles. The number of rotatable bonds is 5. The van der Waals surface area contributed by atoms with Gasteiger partial charge in [-0.05, 0) is 25.3 Å². The Morgan fingerprint density at radius 3 is 3.13 bits per heavy atom. The normalized spacial score (nSPS) is 24.0. The van der Waals surface area contributed by atoms with Crippen LogP contribution in [0.25, 0.3) is 0 Å². The molecule has 2 unspecified atom stereocenters. The van der Waals surface area contributed by atoms with Crippen molar-refractivity contribution in [1.82, 2.24) is 20.3 Å². The topological polar surface area (TPSA) is 93.2 Å². The molecule has 1 saturated carbocycles. The van der Waals surface area contributed by atoms with Crippen molar-refractivity contribution in [3.63, 3.8) is 0 Å². The molecule has 2 aromatic heterocycles. The van der Waals surface area contributed by atoms with Crippen LogP contribution in [0.3, 0.4) is 0 Å². The summed E-state index contributed by atoms with van der Waals surface area (Å²) in [7, 11) is 0. The third-order valence-corrected chi connectivity index (χ3v) is 4.62. The second-order valence-corrected chi connectivity index (χ2v) is 6.62. The van der Waals surface area contributed by atoms with E-state index in [1.807, 2.05) is 20.0 Å². The fraction of sp³-hybridized carbons (Fsp3) is 0.562. The first-order chi connectivity index (χ1) is 11.0. The lowest BCUT2D eigenvalue weighted by atomic mass is 9.86. The zero-order chi connectivity index (χ0) is 16.4. The highest BCUT2D eigenvalue weighted by molar-refractivity contribution is 5.92. The molecule has 2 atom stereocenters. The quantitative estimate of drug-likeness (QED) is 0.871. The Labute approximate surface area is 134 Å². The lowest BCUT2D eigenvalue weighted by Gasteiger charge is -2.29. The van der Waals surface area contributed by atoms with Crippen molar-refractivity contribution in [3.8, 4) is 0 Å². The Morgan fingerprint density at radius 2 is 2.43 bits per heavy atom. The molecule has 0 aliphatic heterocycles. The summed E-state index contributed by atoms with van der Waals surface area (Å²) >= 11 is 0. The van der Waals surface area contributed by atoms with Crippen LogP contribution >= 0.6 is 0 Å². The minimum atomic E-state index is -0.261. The zero-order valence-electron chi connectivity index (χ0n) is 13.5. The van der Waals surface area contributed by atoms with Crippen LogP contribution in [0.15, 0.2) is 23.0 Å². The lowest BCUT2D eigenvalue weighted by Crippen LogP contribution is -2.44. The minimum absolute atomic E-state index is 0.0334. The molecule has 1 amide bonds. The van der Waals surface area contributed by atoms with Gasteiger partial charge in [-0.2, -0.15) is 5.10 Å².